The van der Waals surface area contributed by atoms with E-state index < -0.39 is 27.8 Å². The molecule has 1 unspecified atom stereocenters. The van der Waals surface area contributed by atoms with E-state index in [0.29, 0.717) is 19.4 Å². The Balaban J connectivity index is 1.99. The molecule has 164 valence electrons. The van der Waals surface area contributed by atoms with Crippen LogP contribution in [0.25, 0.3) is 0 Å². The second kappa shape index (κ2) is 8.86. The van der Waals surface area contributed by atoms with Crippen LogP contribution in [0.4, 0.5) is 13.2 Å². The highest BCUT2D eigenvalue weighted by atomic mass is 35.5. The normalized spacial score (nSPS) is 15.7. The van der Waals surface area contributed by atoms with Crippen LogP contribution < -0.4 is 4.72 Å². The van der Waals surface area contributed by atoms with E-state index in [-0.39, 0.29) is 33.5 Å². The van der Waals surface area contributed by atoms with Crippen molar-refractivity contribution in [3.63, 3.8) is 0 Å². The number of halogens is 4. The van der Waals surface area contributed by atoms with Gasteiger partial charge in [-0.15, -0.1) is 0 Å². The molecule has 6 nitrogen and oxygen atoms in total. The Morgan fingerprint density at radius 3 is 2.58 bits per heavy atom. The molecule has 1 N–H and O–H groups in total. The molecule has 31 heavy (non-hydrogen) atoms. The predicted octanol–water partition coefficient (Wildman–Crippen LogP) is 3.87. The molecular weight excluding hydrogens is 455 g/mol. The van der Waals surface area contributed by atoms with Crippen molar-refractivity contribution in [2.45, 2.75) is 30.0 Å². The number of likely N-dealkylation sites (tertiary alicyclic amines) is 1. The molecule has 2 aromatic rings. The topological polar surface area (TPSA) is 90.3 Å². The smallest absolute Gasteiger partial charge is 0.341 e. The van der Waals surface area contributed by atoms with Gasteiger partial charge in [0.2, 0.25) is 15.9 Å². The molecule has 11 heteroatoms. The Bertz CT molecular complexity index is 1150. The minimum Gasteiger partial charge on any atom is -0.341 e. The Morgan fingerprint density at radius 1 is 1.23 bits per heavy atom. The number of alkyl halides is 3. The van der Waals surface area contributed by atoms with Gasteiger partial charge in [0.15, 0.2) is 0 Å². The van der Waals surface area contributed by atoms with Crippen LogP contribution in [-0.4, -0.2) is 32.3 Å². The zero-order valence-electron chi connectivity index (χ0n) is 16.0. The first-order chi connectivity index (χ1) is 14.5. The van der Waals surface area contributed by atoms with Crippen LogP contribution in [0.15, 0.2) is 47.4 Å². The third-order valence-corrected chi connectivity index (χ3v) is 6.66. The summed E-state index contributed by atoms with van der Waals surface area (Å²) < 4.78 is 67.8. The van der Waals surface area contributed by atoms with Crippen LogP contribution in [-0.2, 0) is 21.0 Å². The monoisotopic (exact) mass is 471 g/mol. The molecule has 0 spiro atoms. The number of nitriles is 1. The largest absolute Gasteiger partial charge is 0.416 e. The van der Waals surface area contributed by atoms with Crippen molar-refractivity contribution in [1.29, 1.82) is 5.26 Å². The van der Waals surface area contributed by atoms with Gasteiger partial charge >= 0.3 is 6.18 Å². The Labute approximate surface area is 182 Å². The highest BCUT2D eigenvalue weighted by Gasteiger charge is 2.33. The highest BCUT2D eigenvalue weighted by molar-refractivity contribution is 7.89. The van der Waals surface area contributed by atoms with E-state index >= 15 is 0 Å². The number of sulfonamides is 1. The zero-order valence-corrected chi connectivity index (χ0v) is 17.6. The minimum absolute atomic E-state index is 0.0603. The minimum atomic E-state index is -4.61. The molecule has 3 rings (SSSR count). The van der Waals surface area contributed by atoms with Gasteiger partial charge in [0.1, 0.15) is 6.07 Å². The molecule has 0 radical (unpaired) electrons. The molecule has 1 aliphatic rings. The van der Waals surface area contributed by atoms with Crippen molar-refractivity contribution >= 4 is 27.5 Å². The quantitative estimate of drug-likeness (QED) is 0.692. The summed E-state index contributed by atoms with van der Waals surface area (Å²) in [6.45, 7) is 0.258. The molecule has 1 fully saturated rings. The van der Waals surface area contributed by atoms with E-state index in [9.17, 15) is 26.4 Å². The lowest BCUT2D eigenvalue weighted by Gasteiger charge is -2.25. The first kappa shape index (κ1) is 23.1. The number of carbonyl (C=O) groups is 1. The number of benzene rings is 2. The SMILES string of the molecule is N#Cc1cc(S(=O)(=O)NC(CN2CCCC2=O)c2cccc(C(F)(F)F)c2)ccc1Cl. The summed E-state index contributed by atoms with van der Waals surface area (Å²) in [7, 11) is -4.24. The average Bonchev–Trinajstić information content (AvgIpc) is 3.11. The van der Waals surface area contributed by atoms with E-state index in [1.807, 2.05) is 0 Å². The number of hydrogen-bond acceptors (Lipinski definition) is 4. The maximum atomic E-state index is 13.2. The Kier molecular flexibility index (Phi) is 6.59. The second-order valence-corrected chi connectivity index (χ2v) is 9.12. The van der Waals surface area contributed by atoms with Gasteiger partial charge in [0.05, 0.1) is 27.1 Å². The molecule has 2 aromatic carbocycles. The van der Waals surface area contributed by atoms with Crippen LogP contribution in [0.5, 0.6) is 0 Å². The van der Waals surface area contributed by atoms with Gasteiger partial charge in [-0.3, -0.25) is 4.79 Å². The van der Waals surface area contributed by atoms with Crippen molar-refractivity contribution in [2.75, 3.05) is 13.1 Å². The van der Waals surface area contributed by atoms with E-state index in [1.54, 1.807) is 6.07 Å². The number of nitrogens with one attached hydrogen (secondary N) is 1. The standard InChI is InChI=1S/C20H17ClF3N3O3S/c21-17-7-6-16(10-14(17)11-25)31(29,30)26-18(12-27-8-2-5-19(27)28)13-3-1-4-15(9-13)20(22,23)24/h1,3-4,6-7,9-10,18,26H,2,5,8,12H2. The van der Waals surface area contributed by atoms with Crippen molar-refractivity contribution in [3.05, 3.63) is 64.2 Å². The lowest BCUT2D eigenvalue weighted by molar-refractivity contribution is -0.137. The fourth-order valence-electron chi connectivity index (χ4n) is 3.27. The van der Waals surface area contributed by atoms with Crippen molar-refractivity contribution < 1.29 is 26.4 Å². The predicted molar refractivity (Wildman–Crippen MR) is 106 cm³/mol. The number of nitrogens with zero attached hydrogens (tertiary/aromatic N) is 2. The molecule has 1 heterocycles. The summed E-state index contributed by atoms with van der Waals surface area (Å²) in [5, 5.41) is 9.16. The third kappa shape index (κ3) is 5.36. The van der Waals surface area contributed by atoms with Crippen molar-refractivity contribution in [3.8, 4) is 6.07 Å². The molecule has 0 aliphatic carbocycles. The molecular formula is C20H17ClF3N3O3S. The lowest BCUT2D eigenvalue weighted by Crippen LogP contribution is -2.38. The summed E-state index contributed by atoms with van der Waals surface area (Å²) in [6.07, 6.45) is -3.73. The Morgan fingerprint density at radius 2 is 1.97 bits per heavy atom. The lowest BCUT2D eigenvalue weighted by atomic mass is 10.0. The van der Waals surface area contributed by atoms with Gasteiger partial charge in [-0.25, -0.2) is 13.1 Å². The van der Waals surface area contributed by atoms with Crippen LogP contribution in [0, 0.1) is 11.3 Å². The maximum Gasteiger partial charge on any atom is 0.416 e. The fraction of sp³-hybridized carbons (Fsp3) is 0.300. The number of amides is 1. The van der Waals surface area contributed by atoms with Crippen LogP contribution in [0.3, 0.4) is 0 Å². The highest BCUT2D eigenvalue weighted by Crippen LogP contribution is 2.32. The van der Waals surface area contributed by atoms with E-state index in [4.69, 9.17) is 16.9 Å². The summed E-state index contributed by atoms with van der Waals surface area (Å²) >= 11 is 5.85. The first-order valence-corrected chi connectivity index (χ1v) is 11.0. The molecule has 0 saturated carbocycles. The molecule has 1 amide bonds. The number of hydrogen-bond donors (Lipinski definition) is 1. The van der Waals surface area contributed by atoms with Crippen molar-refractivity contribution in [2.24, 2.45) is 0 Å². The van der Waals surface area contributed by atoms with Gasteiger partial charge < -0.3 is 4.90 Å². The van der Waals surface area contributed by atoms with E-state index in [1.165, 1.54) is 29.2 Å². The van der Waals surface area contributed by atoms with Gasteiger partial charge in [-0.1, -0.05) is 23.7 Å². The number of carbonyl (C=O) groups excluding carboxylic acids is 1. The molecule has 1 atom stereocenters. The third-order valence-electron chi connectivity index (χ3n) is 4.86. The van der Waals surface area contributed by atoms with E-state index in [0.717, 1.165) is 18.2 Å². The van der Waals surface area contributed by atoms with Gasteiger partial charge in [0.25, 0.3) is 0 Å². The second-order valence-electron chi connectivity index (χ2n) is 6.99. The van der Waals surface area contributed by atoms with Gasteiger partial charge in [-0.2, -0.15) is 18.4 Å². The average molecular weight is 472 g/mol. The van der Waals surface area contributed by atoms with Gasteiger partial charge in [-0.05, 0) is 42.3 Å². The summed E-state index contributed by atoms with van der Waals surface area (Å²) in [5.74, 6) is -0.200. The molecule has 0 aromatic heterocycles. The molecule has 1 aliphatic heterocycles. The Hall–Kier alpha value is -2.61. The zero-order chi connectivity index (χ0) is 22.8. The molecule has 1 saturated heterocycles. The molecule has 0 bridgehead atoms. The van der Waals surface area contributed by atoms with E-state index in [2.05, 4.69) is 4.72 Å². The summed E-state index contributed by atoms with van der Waals surface area (Å²) in [4.78, 5) is 13.2. The maximum absolute atomic E-state index is 13.2. The number of rotatable bonds is 6. The fourth-order valence-corrected chi connectivity index (χ4v) is 4.67. The van der Waals surface area contributed by atoms with Crippen LogP contribution in [0.2, 0.25) is 5.02 Å². The van der Waals surface area contributed by atoms with Gasteiger partial charge in [0, 0.05) is 19.5 Å². The first-order valence-electron chi connectivity index (χ1n) is 9.18. The summed E-state index contributed by atoms with van der Waals surface area (Å²) in [6, 6.07) is 8.46. The van der Waals surface area contributed by atoms with Crippen LogP contribution in [0.1, 0.15) is 35.6 Å². The summed E-state index contributed by atoms with van der Waals surface area (Å²) in [5.41, 5.74) is -0.928. The van der Waals surface area contributed by atoms with Crippen LogP contribution >= 0.6 is 11.6 Å². The van der Waals surface area contributed by atoms with Crippen molar-refractivity contribution in [1.82, 2.24) is 9.62 Å².